The van der Waals surface area contributed by atoms with Gasteiger partial charge in [-0.25, -0.2) is 0 Å². The Balaban J connectivity index is 1.88. The van der Waals surface area contributed by atoms with Gasteiger partial charge in [-0.1, -0.05) is 0 Å². The Morgan fingerprint density at radius 3 is 2.62 bits per heavy atom. The number of ether oxygens (including phenoxy) is 1. The molecule has 0 atom stereocenters. The lowest BCUT2D eigenvalue weighted by Gasteiger charge is -2.31. The molecule has 2 fully saturated rings. The lowest BCUT2D eigenvalue weighted by atomic mass is 10.0. The molecule has 2 aliphatic heterocycles. The minimum absolute atomic E-state index is 0.541. The van der Waals surface area contributed by atoms with Crippen LogP contribution in [0.15, 0.2) is 0 Å². The second-order valence-corrected chi connectivity index (χ2v) is 4.67. The monoisotopic (exact) mass is 222 g/mol. The van der Waals surface area contributed by atoms with Crippen LogP contribution in [0.3, 0.4) is 0 Å². The highest BCUT2D eigenvalue weighted by Crippen LogP contribution is 2.27. The van der Waals surface area contributed by atoms with Gasteiger partial charge in [0.2, 0.25) is 0 Å². The highest BCUT2D eigenvalue weighted by molar-refractivity contribution is 5.08. The topological polar surface area (TPSA) is 52.0 Å². The van der Waals surface area contributed by atoms with E-state index in [2.05, 4.69) is 27.0 Å². The summed E-state index contributed by atoms with van der Waals surface area (Å²) in [6, 6.07) is 0.541. The van der Waals surface area contributed by atoms with Crippen LogP contribution in [0.4, 0.5) is 0 Å². The molecule has 2 aliphatic rings. The molecule has 2 saturated heterocycles. The maximum atomic E-state index is 5.41. The van der Waals surface area contributed by atoms with Crippen LogP contribution in [0.1, 0.15) is 36.5 Å². The predicted molar refractivity (Wildman–Crippen MR) is 59.5 cm³/mol. The lowest BCUT2D eigenvalue weighted by Crippen LogP contribution is -2.42. The molecule has 1 N–H and O–H groups in total. The normalized spacial score (nSPS) is 23.3. The number of hydrogen-bond donors (Lipinski definition) is 1. The first-order valence-corrected chi connectivity index (χ1v) is 6.06. The summed E-state index contributed by atoms with van der Waals surface area (Å²) in [7, 11) is 0. The smallest absolute Gasteiger partial charge is 0.138 e. The highest BCUT2D eigenvalue weighted by atomic mass is 16.5. The number of aromatic nitrogens is 3. The Kier molecular flexibility index (Phi) is 2.65. The third-order valence-electron chi connectivity index (χ3n) is 3.60. The number of rotatable bonds is 2. The SMILES string of the molecule is Cc1nnc(C2CNC2)n1C1CCOCC1. The molecule has 0 radical (unpaired) electrons. The number of hydrogen-bond acceptors (Lipinski definition) is 4. The van der Waals surface area contributed by atoms with Crippen molar-refractivity contribution in [2.45, 2.75) is 31.7 Å². The van der Waals surface area contributed by atoms with Crippen LogP contribution in [0, 0.1) is 6.92 Å². The Bertz CT molecular complexity index is 366. The van der Waals surface area contributed by atoms with E-state index < -0.39 is 0 Å². The van der Waals surface area contributed by atoms with Crippen LogP contribution in [0.25, 0.3) is 0 Å². The largest absolute Gasteiger partial charge is 0.381 e. The predicted octanol–water partition coefficient (Wildman–Crippen LogP) is 0.625. The fourth-order valence-electron chi connectivity index (χ4n) is 2.53. The quantitative estimate of drug-likeness (QED) is 0.797. The Hall–Kier alpha value is -0.940. The molecular weight excluding hydrogens is 204 g/mol. The van der Waals surface area contributed by atoms with Gasteiger partial charge < -0.3 is 14.6 Å². The fourth-order valence-corrected chi connectivity index (χ4v) is 2.53. The van der Waals surface area contributed by atoms with E-state index in [1.807, 2.05) is 0 Å². The van der Waals surface area contributed by atoms with Crippen LogP contribution >= 0.6 is 0 Å². The van der Waals surface area contributed by atoms with Crippen molar-refractivity contribution in [1.82, 2.24) is 20.1 Å². The second-order valence-electron chi connectivity index (χ2n) is 4.67. The molecule has 0 unspecified atom stereocenters. The average molecular weight is 222 g/mol. The van der Waals surface area contributed by atoms with E-state index >= 15 is 0 Å². The molecule has 1 aromatic rings. The summed E-state index contributed by atoms with van der Waals surface area (Å²) < 4.78 is 7.75. The number of nitrogens with one attached hydrogen (secondary N) is 1. The summed E-state index contributed by atoms with van der Waals surface area (Å²) in [6.45, 7) is 5.87. The van der Waals surface area contributed by atoms with E-state index in [0.717, 1.165) is 45.0 Å². The molecule has 3 rings (SSSR count). The molecule has 5 nitrogen and oxygen atoms in total. The average Bonchev–Trinajstić information content (AvgIpc) is 2.59. The number of nitrogens with zero attached hydrogens (tertiary/aromatic N) is 3. The summed E-state index contributed by atoms with van der Waals surface area (Å²) in [5.41, 5.74) is 0. The van der Waals surface area contributed by atoms with Gasteiger partial charge >= 0.3 is 0 Å². The first-order chi connectivity index (χ1) is 7.86. The van der Waals surface area contributed by atoms with Crippen molar-refractivity contribution < 1.29 is 4.74 Å². The van der Waals surface area contributed by atoms with Gasteiger partial charge in [-0.2, -0.15) is 0 Å². The molecule has 88 valence electrons. The van der Waals surface area contributed by atoms with Gasteiger partial charge in [-0.15, -0.1) is 10.2 Å². The molecule has 0 amide bonds. The zero-order valence-electron chi connectivity index (χ0n) is 9.65. The van der Waals surface area contributed by atoms with Gasteiger partial charge in [-0.3, -0.25) is 0 Å². The van der Waals surface area contributed by atoms with Crippen LogP contribution in [-0.4, -0.2) is 41.1 Å². The van der Waals surface area contributed by atoms with Crippen molar-refractivity contribution in [3.8, 4) is 0 Å². The van der Waals surface area contributed by atoms with E-state index in [9.17, 15) is 0 Å². The van der Waals surface area contributed by atoms with Gasteiger partial charge in [-0.05, 0) is 19.8 Å². The fraction of sp³-hybridized carbons (Fsp3) is 0.818. The molecule has 0 saturated carbocycles. The maximum absolute atomic E-state index is 5.41. The van der Waals surface area contributed by atoms with Gasteiger partial charge in [0, 0.05) is 38.3 Å². The van der Waals surface area contributed by atoms with E-state index in [4.69, 9.17) is 4.74 Å². The van der Waals surface area contributed by atoms with Crippen LogP contribution in [-0.2, 0) is 4.74 Å². The van der Waals surface area contributed by atoms with Crippen molar-refractivity contribution >= 4 is 0 Å². The van der Waals surface area contributed by atoms with Gasteiger partial charge in [0.1, 0.15) is 11.6 Å². The highest BCUT2D eigenvalue weighted by Gasteiger charge is 2.29. The van der Waals surface area contributed by atoms with Gasteiger partial charge in [0.25, 0.3) is 0 Å². The van der Waals surface area contributed by atoms with Crippen molar-refractivity contribution in [1.29, 1.82) is 0 Å². The first kappa shape index (κ1) is 10.2. The molecular formula is C11H18N4O. The minimum atomic E-state index is 0.541. The first-order valence-electron chi connectivity index (χ1n) is 6.06. The second kappa shape index (κ2) is 4.14. The van der Waals surface area contributed by atoms with E-state index in [1.54, 1.807) is 0 Å². The van der Waals surface area contributed by atoms with Crippen LogP contribution < -0.4 is 5.32 Å². The number of aryl methyl sites for hydroxylation is 1. The molecule has 16 heavy (non-hydrogen) atoms. The van der Waals surface area contributed by atoms with Crippen LogP contribution in [0.5, 0.6) is 0 Å². The summed E-state index contributed by atoms with van der Waals surface area (Å²) in [5, 5.41) is 11.9. The molecule has 3 heterocycles. The maximum Gasteiger partial charge on any atom is 0.138 e. The summed E-state index contributed by atoms with van der Waals surface area (Å²) in [6.07, 6.45) is 2.18. The van der Waals surface area contributed by atoms with Crippen molar-refractivity contribution in [3.05, 3.63) is 11.6 Å². The third kappa shape index (κ3) is 1.64. The van der Waals surface area contributed by atoms with Gasteiger partial charge in [0.05, 0.1) is 0 Å². The van der Waals surface area contributed by atoms with Crippen molar-refractivity contribution in [2.24, 2.45) is 0 Å². The molecule has 0 aromatic carbocycles. The van der Waals surface area contributed by atoms with Gasteiger partial charge in [0.15, 0.2) is 0 Å². The van der Waals surface area contributed by atoms with Crippen LogP contribution in [0.2, 0.25) is 0 Å². The molecule has 1 aromatic heterocycles. The standard InChI is InChI=1S/C11H18N4O/c1-8-13-14-11(9-6-12-7-9)15(8)10-2-4-16-5-3-10/h9-10,12H,2-7H2,1H3. The molecule has 0 bridgehead atoms. The Morgan fingerprint density at radius 2 is 2.00 bits per heavy atom. The van der Waals surface area contributed by atoms with Crippen molar-refractivity contribution in [2.75, 3.05) is 26.3 Å². The summed E-state index contributed by atoms with van der Waals surface area (Å²) in [4.78, 5) is 0. The zero-order chi connectivity index (χ0) is 11.0. The Morgan fingerprint density at radius 1 is 1.25 bits per heavy atom. The minimum Gasteiger partial charge on any atom is -0.381 e. The van der Waals surface area contributed by atoms with E-state index in [-0.39, 0.29) is 0 Å². The summed E-state index contributed by atoms with van der Waals surface area (Å²) >= 11 is 0. The molecule has 0 aliphatic carbocycles. The molecule has 5 heteroatoms. The Labute approximate surface area is 95.2 Å². The zero-order valence-corrected chi connectivity index (χ0v) is 9.65. The lowest BCUT2D eigenvalue weighted by molar-refractivity contribution is 0.0676. The molecule has 0 spiro atoms. The van der Waals surface area contributed by atoms with E-state index in [1.165, 1.54) is 5.82 Å². The third-order valence-corrected chi connectivity index (χ3v) is 3.60. The van der Waals surface area contributed by atoms with Crippen molar-refractivity contribution in [3.63, 3.8) is 0 Å². The summed E-state index contributed by atoms with van der Waals surface area (Å²) in [5.74, 6) is 2.78. The van der Waals surface area contributed by atoms with E-state index in [0.29, 0.717) is 12.0 Å².